The molecule has 0 aliphatic carbocycles. The molecule has 0 saturated heterocycles. The number of carbonyl (C=O) groups excluding carboxylic acids is 1. The summed E-state index contributed by atoms with van der Waals surface area (Å²) in [7, 11) is 0. The minimum atomic E-state index is -1.29. The summed E-state index contributed by atoms with van der Waals surface area (Å²) in [5.41, 5.74) is -0.890. The van der Waals surface area contributed by atoms with Gasteiger partial charge in [-0.3, -0.25) is 15.2 Å². The summed E-state index contributed by atoms with van der Waals surface area (Å²) in [6, 6.07) is 0.836. The van der Waals surface area contributed by atoms with E-state index in [1.54, 1.807) is 6.92 Å². The van der Waals surface area contributed by atoms with Crippen LogP contribution in [0.15, 0.2) is 12.1 Å². The standard InChI is InChI=1S/C10H7F3N4O/c1-4-14-10(17-16-4)15-9(18)8-6(12)2-5(11)3-7(8)13/h2-3H,1H3,(H2,14,15,16,17,18). The minimum Gasteiger partial charge on any atom is -0.289 e. The molecule has 18 heavy (non-hydrogen) atoms. The molecule has 8 heteroatoms. The van der Waals surface area contributed by atoms with Gasteiger partial charge in [-0.25, -0.2) is 13.2 Å². The molecular weight excluding hydrogens is 249 g/mol. The van der Waals surface area contributed by atoms with E-state index in [1.807, 2.05) is 0 Å². The molecule has 2 N–H and O–H groups in total. The van der Waals surface area contributed by atoms with Gasteiger partial charge in [0, 0.05) is 12.1 Å². The van der Waals surface area contributed by atoms with Gasteiger partial charge in [0.1, 0.15) is 28.8 Å². The summed E-state index contributed by atoms with van der Waals surface area (Å²) < 4.78 is 39.2. The van der Waals surface area contributed by atoms with E-state index in [0.717, 1.165) is 0 Å². The van der Waals surface area contributed by atoms with Gasteiger partial charge in [0.2, 0.25) is 5.95 Å². The van der Waals surface area contributed by atoms with Crippen molar-refractivity contribution in [2.75, 3.05) is 5.32 Å². The summed E-state index contributed by atoms with van der Waals surface area (Å²) >= 11 is 0. The number of nitrogens with one attached hydrogen (secondary N) is 2. The summed E-state index contributed by atoms with van der Waals surface area (Å²) in [6.07, 6.45) is 0. The van der Waals surface area contributed by atoms with Crippen LogP contribution in [0.2, 0.25) is 0 Å². The molecule has 2 rings (SSSR count). The summed E-state index contributed by atoms with van der Waals surface area (Å²) in [6.45, 7) is 1.59. The van der Waals surface area contributed by atoms with Crippen molar-refractivity contribution >= 4 is 11.9 Å². The number of nitrogens with zero attached hydrogens (tertiary/aromatic N) is 2. The van der Waals surface area contributed by atoms with Crippen LogP contribution >= 0.6 is 0 Å². The number of benzene rings is 1. The Kier molecular flexibility index (Phi) is 3.00. The number of anilines is 1. The summed E-state index contributed by atoms with van der Waals surface area (Å²) in [5.74, 6) is -4.49. The van der Waals surface area contributed by atoms with Crippen LogP contribution in [-0.4, -0.2) is 21.1 Å². The van der Waals surface area contributed by atoms with Crippen LogP contribution in [0.25, 0.3) is 0 Å². The maximum atomic E-state index is 13.3. The first-order valence-electron chi connectivity index (χ1n) is 4.82. The molecule has 5 nitrogen and oxygen atoms in total. The lowest BCUT2D eigenvalue weighted by Crippen LogP contribution is -2.17. The second kappa shape index (κ2) is 4.47. The fourth-order valence-corrected chi connectivity index (χ4v) is 1.32. The molecule has 0 spiro atoms. The van der Waals surface area contributed by atoms with Gasteiger partial charge in [-0.15, -0.1) is 5.10 Å². The van der Waals surface area contributed by atoms with Gasteiger partial charge in [0.05, 0.1) is 0 Å². The normalized spacial score (nSPS) is 10.4. The number of aromatic amines is 1. The van der Waals surface area contributed by atoms with Crippen molar-refractivity contribution in [3.8, 4) is 0 Å². The molecule has 0 aliphatic rings. The highest BCUT2D eigenvalue weighted by Crippen LogP contribution is 2.15. The molecule has 0 saturated carbocycles. The fourth-order valence-electron chi connectivity index (χ4n) is 1.32. The number of aromatic nitrogens is 3. The van der Waals surface area contributed by atoms with E-state index in [4.69, 9.17) is 0 Å². The number of H-pyrrole nitrogens is 1. The molecule has 0 bridgehead atoms. The van der Waals surface area contributed by atoms with Crippen molar-refractivity contribution in [3.63, 3.8) is 0 Å². The van der Waals surface area contributed by atoms with Gasteiger partial charge in [-0.1, -0.05) is 0 Å². The Bertz CT molecular complexity index is 588. The monoisotopic (exact) mass is 256 g/mol. The third-order valence-corrected chi connectivity index (χ3v) is 2.06. The fraction of sp³-hybridized carbons (Fsp3) is 0.100. The average molecular weight is 256 g/mol. The van der Waals surface area contributed by atoms with Crippen LogP contribution in [0.4, 0.5) is 19.1 Å². The highest BCUT2D eigenvalue weighted by molar-refractivity contribution is 6.03. The number of aryl methyl sites for hydroxylation is 1. The lowest BCUT2D eigenvalue weighted by atomic mass is 10.2. The Morgan fingerprint density at radius 1 is 1.28 bits per heavy atom. The molecule has 2 aromatic rings. The highest BCUT2D eigenvalue weighted by atomic mass is 19.1. The highest BCUT2D eigenvalue weighted by Gasteiger charge is 2.20. The second-order valence-corrected chi connectivity index (χ2v) is 3.44. The first-order chi connectivity index (χ1) is 8.47. The largest absolute Gasteiger partial charge is 0.289 e. The number of amides is 1. The molecule has 1 amide bonds. The smallest absolute Gasteiger partial charge is 0.264 e. The van der Waals surface area contributed by atoms with E-state index < -0.39 is 28.9 Å². The van der Waals surface area contributed by atoms with Crippen LogP contribution in [-0.2, 0) is 0 Å². The Balaban J connectivity index is 2.29. The van der Waals surface area contributed by atoms with Gasteiger partial charge < -0.3 is 0 Å². The van der Waals surface area contributed by atoms with Crippen molar-refractivity contribution in [3.05, 3.63) is 41.0 Å². The van der Waals surface area contributed by atoms with Crippen molar-refractivity contribution in [2.45, 2.75) is 6.92 Å². The van der Waals surface area contributed by atoms with Gasteiger partial charge in [0.25, 0.3) is 5.91 Å². The number of hydrogen-bond acceptors (Lipinski definition) is 3. The van der Waals surface area contributed by atoms with Crippen LogP contribution in [0.1, 0.15) is 16.2 Å². The van der Waals surface area contributed by atoms with E-state index in [0.29, 0.717) is 18.0 Å². The first kappa shape index (κ1) is 12.1. The van der Waals surface area contributed by atoms with Gasteiger partial charge in [-0.05, 0) is 6.92 Å². The van der Waals surface area contributed by atoms with E-state index >= 15 is 0 Å². The predicted octanol–water partition coefficient (Wildman–Crippen LogP) is 1.78. The predicted molar refractivity (Wildman–Crippen MR) is 55.4 cm³/mol. The molecule has 1 heterocycles. The molecule has 0 unspecified atom stereocenters. The van der Waals surface area contributed by atoms with Gasteiger partial charge >= 0.3 is 0 Å². The molecule has 94 valence electrons. The summed E-state index contributed by atoms with van der Waals surface area (Å²) in [4.78, 5) is 15.3. The van der Waals surface area contributed by atoms with Gasteiger partial charge in [0.15, 0.2) is 0 Å². The molecule has 0 aliphatic heterocycles. The number of rotatable bonds is 2. The zero-order chi connectivity index (χ0) is 13.3. The molecule has 0 atom stereocenters. The zero-order valence-corrected chi connectivity index (χ0v) is 9.09. The van der Waals surface area contributed by atoms with Crippen molar-refractivity contribution < 1.29 is 18.0 Å². The Morgan fingerprint density at radius 2 is 1.89 bits per heavy atom. The first-order valence-corrected chi connectivity index (χ1v) is 4.82. The van der Waals surface area contributed by atoms with E-state index in [1.165, 1.54) is 0 Å². The van der Waals surface area contributed by atoms with Crippen LogP contribution in [0.5, 0.6) is 0 Å². The van der Waals surface area contributed by atoms with Crippen LogP contribution in [0, 0.1) is 24.4 Å². The molecule has 0 fully saturated rings. The van der Waals surface area contributed by atoms with E-state index in [-0.39, 0.29) is 5.95 Å². The number of carbonyl (C=O) groups is 1. The Labute approximate surface area is 99.0 Å². The van der Waals surface area contributed by atoms with Gasteiger partial charge in [-0.2, -0.15) is 4.98 Å². The lowest BCUT2D eigenvalue weighted by Gasteiger charge is -2.04. The van der Waals surface area contributed by atoms with E-state index in [2.05, 4.69) is 20.5 Å². The average Bonchev–Trinajstić information content (AvgIpc) is 2.62. The molecule has 1 aromatic heterocycles. The summed E-state index contributed by atoms with van der Waals surface area (Å²) in [5, 5.41) is 8.10. The molecule has 1 aromatic carbocycles. The van der Waals surface area contributed by atoms with Crippen LogP contribution in [0.3, 0.4) is 0 Å². The van der Waals surface area contributed by atoms with Crippen LogP contribution < -0.4 is 5.32 Å². The Morgan fingerprint density at radius 3 is 2.39 bits per heavy atom. The van der Waals surface area contributed by atoms with E-state index in [9.17, 15) is 18.0 Å². The maximum Gasteiger partial charge on any atom is 0.264 e. The van der Waals surface area contributed by atoms with Crippen molar-refractivity contribution in [1.29, 1.82) is 0 Å². The second-order valence-electron chi connectivity index (χ2n) is 3.44. The third kappa shape index (κ3) is 2.31. The Hall–Kier alpha value is -2.38. The van der Waals surface area contributed by atoms with Crippen molar-refractivity contribution in [2.24, 2.45) is 0 Å². The SMILES string of the molecule is Cc1nc(NC(=O)c2c(F)cc(F)cc2F)n[nH]1. The van der Waals surface area contributed by atoms with Crippen molar-refractivity contribution in [1.82, 2.24) is 15.2 Å². The quantitative estimate of drug-likeness (QED) is 0.860. The molecule has 0 radical (unpaired) electrons. The zero-order valence-electron chi connectivity index (χ0n) is 9.09. The topological polar surface area (TPSA) is 70.7 Å². The lowest BCUT2D eigenvalue weighted by molar-refractivity contribution is 0.101. The minimum absolute atomic E-state index is 0.124. The molecular formula is C10H7F3N4O. The number of hydrogen-bond donors (Lipinski definition) is 2. The maximum absolute atomic E-state index is 13.3. The third-order valence-electron chi connectivity index (χ3n) is 2.06. The number of halogens is 3.